The number of benzene rings is 1. The summed E-state index contributed by atoms with van der Waals surface area (Å²) >= 11 is 1.55. The molecule has 3 N–H and O–H groups in total. The Bertz CT molecular complexity index is 647. The van der Waals surface area contributed by atoms with Crippen molar-refractivity contribution in [2.45, 2.75) is 12.1 Å². The predicted octanol–water partition coefficient (Wildman–Crippen LogP) is 2.16. The Morgan fingerprint density at radius 1 is 1.35 bits per heavy atom. The van der Waals surface area contributed by atoms with Crippen molar-refractivity contribution in [2.24, 2.45) is 11.7 Å². The summed E-state index contributed by atoms with van der Waals surface area (Å²) in [6.45, 7) is 0.929. The maximum atomic E-state index is 12.3. The number of rotatable bonds is 4. The summed E-state index contributed by atoms with van der Waals surface area (Å²) in [5.41, 5.74) is 6.74. The van der Waals surface area contributed by atoms with Crippen LogP contribution in [0.1, 0.15) is 10.4 Å². The van der Waals surface area contributed by atoms with Crippen molar-refractivity contribution in [2.75, 3.05) is 19.7 Å². The molecule has 1 aromatic carbocycles. The van der Waals surface area contributed by atoms with Gasteiger partial charge in [-0.05, 0) is 17.0 Å². The molecular formula is C17H20N2O3S. The molecule has 2 aromatic rings. The zero-order chi connectivity index (χ0) is 16.3. The number of amides is 1. The molecule has 1 saturated heterocycles. The minimum Gasteiger partial charge on any atom is -0.445 e. The van der Waals surface area contributed by atoms with Crippen LogP contribution in [-0.4, -0.2) is 35.8 Å². The van der Waals surface area contributed by atoms with E-state index in [4.69, 9.17) is 10.5 Å². The number of aliphatic hydroxyl groups is 1. The maximum absolute atomic E-state index is 12.3. The predicted molar refractivity (Wildman–Crippen MR) is 89.0 cm³/mol. The number of nitrogens with two attached hydrogens (primary N) is 1. The van der Waals surface area contributed by atoms with Crippen molar-refractivity contribution in [3.63, 3.8) is 0 Å². The van der Waals surface area contributed by atoms with Crippen molar-refractivity contribution in [3.8, 4) is 0 Å². The van der Waals surface area contributed by atoms with Gasteiger partial charge in [0.15, 0.2) is 0 Å². The number of carbonyl (C=O) groups is 1. The van der Waals surface area contributed by atoms with E-state index in [1.807, 2.05) is 47.8 Å². The van der Waals surface area contributed by atoms with E-state index in [1.54, 1.807) is 16.2 Å². The number of ether oxygens (including phenoxy) is 1. The average molecular weight is 332 g/mol. The van der Waals surface area contributed by atoms with Gasteiger partial charge >= 0.3 is 6.09 Å². The van der Waals surface area contributed by atoms with Gasteiger partial charge in [-0.1, -0.05) is 36.4 Å². The van der Waals surface area contributed by atoms with Gasteiger partial charge in [-0.25, -0.2) is 4.79 Å². The fraction of sp³-hybridized carbons (Fsp3) is 0.353. The summed E-state index contributed by atoms with van der Waals surface area (Å²) in [7, 11) is 0. The molecule has 0 saturated carbocycles. The highest BCUT2D eigenvalue weighted by molar-refractivity contribution is 7.10. The molecule has 1 fully saturated rings. The van der Waals surface area contributed by atoms with E-state index in [-0.39, 0.29) is 19.1 Å². The molecule has 0 spiro atoms. The fourth-order valence-electron chi connectivity index (χ4n) is 2.93. The molecule has 23 heavy (non-hydrogen) atoms. The highest BCUT2D eigenvalue weighted by Gasteiger charge is 2.47. The first-order valence-electron chi connectivity index (χ1n) is 7.53. The SMILES string of the molecule is N[C@]1(c2cccs2)CN(C(=O)OCc2ccccc2)C[C@@H]1CO. The normalized spacial score (nSPS) is 23.9. The Morgan fingerprint density at radius 3 is 2.78 bits per heavy atom. The van der Waals surface area contributed by atoms with Crippen LogP contribution in [0.25, 0.3) is 0 Å². The van der Waals surface area contributed by atoms with Gasteiger partial charge in [0.05, 0.1) is 5.54 Å². The van der Waals surface area contributed by atoms with Crippen LogP contribution in [0.5, 0.6) is 0 Å². The maximum Gasteiger partial charge on any atom is 0.410 e. The summed E-state index contributed by atoms with van der Waals surface area (Å²) < 4.78 is 5.37. The smallest absolute Gasteiger partial charge is 0.410 e. The molecule has 0 unspecified atom stereocenters. The number of aliphatic hydroxyl groups excluding tert-OH is 1. The monoisotopic (exact) mass is 332 g/mol. The van der Waals surface area contributed by atoms with E-state index in [0.29, 0.717) is 13.1 Å². The minimum atomic E-state index is -0.714. The Balaban J connectivity index is 1.66. The number of nitrogens with zero attached hydrogens (tertiary/aromatic N) is 1. The van der Waals surface area contributed by atoms with Crippen LogP contribution in [0.2, 0.25) is 0 Å². The van der Waals surface area contributed by atoms with Crippen LogP contribution in [0.15, 0.2) is 47.8 Å². The molecule has 0 radical (unpaired) electrons. The number of likely N-dealkylation sites (tertiary alicyclic amines) is 1. The fourth-order valence-corrected chi connectivity index (χ4v) is 3.84. The van der Waals surface area contributed by atoms with E-state index in [1.165, 1.54) is 0 Å². The van der Waals surface area contributed by atoms with Gasteiger partial charge in [-0.2, -0.15) is 0 Å². The molecule has 6 heteroatoms. The summed E-state index contributed by atoms with van der Waals surface area (Å²) in [5, 5.41) is 11.6. The van der Waals surface area contributed by atoms with Crippen molar-refractivity contribution in [1.82, 2.24) is 4.90 Å². The summed E-state index contributed by atoms with van der Waals surface area (Å²) in [6.07, 6.45) is -0.392. The quantitative estimate of drug-likeness (QED) is 0.900. The zero-order valence-corrected chi connectivity index (χ0v) is 13.5. The van der Waals surface area contributed by atoms with Crippen LogP contribution in [-0.2, 0) is 16.9 Å². The second-order valence-corrected chi connectivity index (χ2v) is 6.77. The number of thiophene rings is 1. The summed E-state index contributed by atoms with van der Waals surface area (Å²) in [6, 6.07) is 13.4. The highest BCUT2D eigenvalue weighted by atomic mass is 32.1. The van der Waals surface area contributed by atoms with E-state index in [0.717, 1.165) is 10.4 Å². The lowest BCUT2D eigenvalue weighted by Crippen LogP contribution is -2.45. The summed E-state index contributed by atoms with van der Waals surface area (Å²) in [4.78, 5) is 14.9. The lowest BCUT2D eigenvalue weighted by Gasteiger charge is -2.27. The first-order chi connectivity index (χ1) is 11.1. The third kappa shape index (κ3) is 3.24. The number of carbonyl (C=O) groups excluding carboxylic acids is 1. The molecule has 0 bridgehead atoms. The van der Waals surface area contributed by atoms with Gasteiger partial charge in [0.25, 0.3) is 0 Å². The molecule has 2 atom stereocenters. The number of hydrogen-bond acceptors (Lipinski definition) is 5. The molecule has 1 aliphatic rings. The van der Waals surface area contributed by atoms with E-state index in [9.17, 15) is 9.90 Å². The van der Waals surface area contributed by atoms with Crippen molar-refractivity contribution >= 4 is 17.4 Å². The first kappa shape index (κ1) is 16.0. The molecule has 2 heterocycles. The van der Waals surface area contributed by atoms with Gasteiger partial charge in [0, 0.05) is 30.5 Å². The van der Waals surface area contributed by atoms with E-state index in [2.05, 4.69) is 0 Å². The molecule has 0 aliphatic carbocycles. The van der Waals surface area contributed by atoms with E-state index < -0.39 is 11.6 Å². The Kier molecular flexibility index (Phi) is 4.66. The highest BCUT2D eigenvalue weighted by Crippen LogP contribution is 2.37. The largest absolute Gasteiger partial charge is 0.445 e. The molecular weight excluding hydrogens is 312 g/mol. The van der Waals surface area contributed by atoms with Crippen molar-refractivity contribution < 1.29 is 14.6 Å². The summed E-state index contributed by atoms with van der Waals surface area (Å²) in [5.74, 6) is -0.189. The standard InChI is InChI=1S/C17H20N2O3S/c18-17(15-7-4-8-23-15)12-19(9-14(17)10-20)16(21)22-11-13-5-2-1-3-6-13/h1-8,14,20H,9-12,18H2/t14-,17-/m1/s1. The second-order valence-electron chi connectivity index (χ2n) is 5.82. The topological polar surface area (TPSA) is 75.8 Å². The zero-order valence-electron chi connectivity index (χ0n) is 12.7. The number of hydrogen-bond donors (Lipinski definition) is 2. The molecule has 1 amide bonds. The van der Waals surface area contributed by atoms with Crippen LogP contribution in [0.3, 0.4) is 0 Å². The molecule has 5 nitrogen and oxygen atoms in total. The third-order valence-electron chi connectivity index (χ3n) is 4.29. The Morgan fingerprint density at radius 2 is 2.13 bits per heavy atom. The second kappa shape index (κ2) is 6.70. The van der Waals surface area contributed by atoms with Gasteiger partial charge in [-0.3, -0.25) is 0 Å². The molecule has 1 aromatic heterocycles. The Hall–Kier alpha value is -1.89. The molecule has 3 rings (SSSR count). The average Bonchev–Trinajstić information content (AvgIpc) is 3.22. The molecule has 122 valence electrons. The third-order valence-corrected chi connectivity index (χ3v) is 5.35. The van der Waals surface area contributed by atoms with Gasteiger partial charge in [0.1, 0.15) is 6.61 Å². The first-order valence-corrected chi connectivity index (χ1v) is 8.41. The van der Waals surface area contributed by atoms with E-state index >= 15 is 0 Å². The van der Waals surface area contributed by atoms with Gasteiger partial charge < -0.3 is 20.5 Å². The molecule has 1 aliphatic heterocycles. The van der Waals surface area contributed by atoms with Gasteiger partial charge in [0.2, 0.25) is 0 Å². The lowest BCUT2D eigenvalue weighted by atomic mass is 9.87. The van der Waals surface area contributed by atoms with Crippen molar-refractivity contribution in [1.29, 1.82) is 0 Å². The van der Waals surface area contributed by atoms with Crippen molar-refractivity contribution in [3.05, 3.63) is 58.3 Å². The lowest BCUT2D eigenvalue weighted by molar-refractivity contribution is 0.101. The van der Waals surface area contributed by atoms with Crippen LogP contribution < -0.4 is 5.73 Å². The van der Waals surface area contributed by atoms with Crippen LogP contribution >= 0.6 is 11.3 Å². The van der Waals surface area contributed by atoms with Crippen LogP contribution in [0, 0.1) is 5.92 Å². The van der Waals surface area contributed by atoms with Crippen LogP contribution in [0.4, 0.5) is 4.79 Å². The minimum absolute atomic E-state index is 0.0587. The Labute approximate surface area is 139 Å². The van der Waals surface area contributed by atoms with Gasteiger partial charge in [-0.15, -0.1) is 11.3 Å².